The molecule has 6 nitrogen and oxygen atoms in total. The quantitative estimate of drug-likeness (QED) is 0.857. The lowest BCUT2D eigenvalue weighted by Gasteiger charge is -2.34. The smallest absolute Gasteiger partial charge is 0.240 e. The summed E-state index contributed by atoms with van der Waals surface area (Å²) in [5.74, 6) is 1.03. The zero-order valence-electron chi connectivity index (χ0n) is 13.2. The molecule has 2 aromatic rings. The Labute approximate surface area is 141 Å². The highest BCUT2D eigenvalue weighted by Gasteiger charge is 2.36. The van der Waals surface area contributed by atoms with Gasteiger partial charge in [-0.15, -0.1) is 0 Å². The Morgan fingerprint density at radius 1 is 1.25 bits per heavy atom. The summed E-state index contributed by atoms with van der Waals surface area (Å²) in [6.07, 6.45) is 0.310. The lowest BCUT2D eigenvalue weighted by Crippen LogP contribution is -2.43. The average molecular weight is 349 g/mol. The van der Waals surface area contributed by atoms with Gasteiger partial charge in [-0.25, -0.2) is 13.1 Å². The molecule has 2 N–H and O–H groups in total. The van der Waals surface area contributed by atoms with Gasteiger partial charge in [0.1, 0.15) is 17.1 Å². The Morgan fingerprint density at radius 3 is 2.83 bits per heavy atom. The predicted octanol–water partition coefficient (Wildman–Crippen LogP) is 1.64. The van der Waals surface area contributed by atoms with Crippen LogP contribution in [-0.4, -0.2) is 33.8 Å². The van der Waals surface area contributed by atoms with Crippen molar-refractivity contribution in [3.8, 4) is 11.5 Å². The number of ether oxygens (including phenoxy) is 2. The SMILES string of the molecule is COc1cccc(S(=O)(=O)NCC2(O)CCOc3ccccc32)c1. The van der Waals surface area contributed by atoms with E-state index in [2.05, 4.69) is 4.72 Å². The molecule has 0 aromatic heterocycles. The van der Waals surface area contributed by atoms with E-state index in [0.717, 1.165) is 0 Å². The van der Waals surface area contributed by atoms with Crippen molar-refractivity contribution >= 4 is 10.0 Å². The van der Waals surface area contributed by atoms with Crippen LogP contribution in [0.5, 0.6) is 11.5 Å². The van der Waals surface area contributed by atoms with Crippen molar-refractivity contribution in [3.63, 3.8) is 0 Å². The van der Waals surface area contributed by atoms with Crippen molar-refractivity contribution in [3.05, 3.63) is 54.1 Å². The van der Waals surface area contributed by atoms with Gasteiger partial charge in [-0.05, 0) is 18.2 Å². The Kier molecular flexibility index (Phi) is 4.49. The van der Waals surface area contributed by atoms with Gasteiger partial charge in [0.2, 0.25) is 10.0 Å². The molecule has 1 heterocycles. The monoisotopic (exact) mass is 349 g/mol. The van der Waals surface area contributed by atoms with Crippen LogP contribution in [0.3, 0.4) is 0 Å². The molecule has 7 heteroatoms. The maximum absolute atomic E-state index is 12.5. The molecule has 0 radical (unpaired) electrons. The van der Waals surface area contributed by atoms with Crippen molar-refractivity contribution in [1.82, 2.24) is 4.72 Å². The number of hydrogen-bond donors (Lipinski definition) is 2. The fourth-order valence-corrected chi connectivity index (χ4v) is 3.82. The summed E-state index contributed by atoms with van der Waals surface area (Å²) in [4.78, 5) is 0.0887. The molecule has 1 atom stereocenters. The van der Waals surface area contributed by atoms with Gasteiger partial charge in [0.05, 0.1) is 18.6 Å². The van der Waals surface area contributed by atoms with Crippen molar-refractivity contribution in [2.24, 2.45) is 0 Å². The minimum Gasteiger partial charge on any atom is -0.497 e. The molecule has 0 fully saturated rings. The second-order valence-electron chi connectivity index (χ2n) is 5.63. The lowest BCUT2D eigenvalue weighted by atomic mass is 9.88. The first kappa shape index (κ1) is 16.8. The molecule has 0 spiro atoms. The highest BCUT2D eigenvalue weighted by Crippen LogP contribution is 2.36. The van der Waals surface area contributed by atoms with Crippen molar-refractivity contribution in [1.29, 1.82) is 0 Å². The van der Waals surface area contributed by atoms with Gasteiger partial charge in [0.15, 0.2) is 0 Å². The van der Waals surface area contributed by atoms with Crippen LogP contribution < -0.4 is 14.2 Å². The molecule has 3 rings (SSSR count). The first-order valence-electron chi connectivity index (χ1n) is 7.53. The fourth-order valence-electron chi connectivity index (χ4n) is 2.69. The molecule has 24 heavy (non-hydrogen) atoms. The van der Waals surface area contributed by atoms with Gasteiger partial charge in [0.25, 0.3) is 0 Å². The number of para-hydroxylation sites is 1. The van der Waals surface area contributed by atoms with Crippen LogP contribution in [0.2, 0.25) is 0 Å². The first-order valence-corrected chi connectivity index (χ1v) is 9.01. The number of methoxy groups -OCH3 is 1. The largest absolute Gasteiger partial charge is 0.497 e. The van der Waals surface area contributed by atoms with Crippen LogP contribution in [0.1, 0.15) is 12.0 Å². The van der Waals surface area contributed by atoms with Crippen molar-refractivity contribution < 1.29 is 23.0 Å². The van der Waals surface area contributed by atoms with Gasteiger partial charge in [-0.2, -0.15) is 0 Å². The third-order valence-electron chi connectivity index (χ3n) is 4.07. The van der Waals surface area contributed by atoms with Crippen molar-refractivity contribution in [2.75, 3.05) is 20.3 Å². The van der Waals surface area contributed by atoms with Crippen LogP contribution >= 0.6 is 0 Å². The van der Waals surface area contributed by atoms with Gasteiger partial charge in [0, 0.05) is 24.6 Å². The second-order valence-corrected chi connectivity index (χ2v) is 7.40. The normalized spacial score (nSPS) is 20.1. The fraction of sp³-hybridized carbons (Fsp3) is 0.294. The molecule has 0 saturated heterocycles. The number of rotatable bonds is 5. The number of aliphatic hydroxyl groups is 1. The summed E-state index contributed by atoms with van der Waals surface area (Å²) in [7, 11) is -2.29. The summed E-state index contributed by atoms with van der Waals surface area (Å²) >= 11 is 0. The van der Waals surface area contributed by atoms with E-state index in [1.165, 1.54) is 19.2 Å². The zero-order chi connectivity index (χ0) is 17.2. The van der Waals surface area contributed by atoms with E-state index in [9.17, 15) is 13.5 Å². The van der Waals surface area contributed by atoms with E-state index < -0.39 is 15.6 Å². The van der Waals surface area contributed by atoms with Crippen LogP contribution in [0, 0.1) is 0 Å². The molecule has 2 aromatic carbocycles. The first-order chi connectivity index (χ1) is 11.4. The zero-order valence-corrected chi connectivity index (χ0v) is 14.0. The van der Waals surface area contributed by atoms with Crippen LogP contribution in [0.25, 0.3) is 0 Å². The Morgan fingerprint density at radius 2 is 2.04 bits per heavy atom. The van der Waals surface area contributed by atoms with Crippen LogP contribution in [0.4, 0.5) is 0 Å². The van der Waals surface area contributed by atoms with Gasteiger partial charge in [-0.3, -0.25) is 0 Å². The maximum atomic E-state index is 12.5. The number of nitrogens with one attached hydrogen (secondary N) is 1. The Hall–Kier alpha value is -2.09. The number of fused-ring (bicyclic) bond motifs is 1. The summed E-state index contributed by atoms with van der Waals surface area (Å²) in [6, 6.07) is 13.3. The van der Waals surface area contributed by atoms with Gasteiger partial charge in [-0.1, -0.05) is 24.3 Å². The third kappa shape index (κ3) is 3.24. The topological polar surface area (TPSA) is 84.9 Å². The van der Waals surface area contributed by atoms with Crippen molar-refractivity contribution in [2.45, 2.75) is 16.9 Å². The molecule has 0 bridgehead atoms. The molecule has 128 valence electrons. The molecule has 0 aliphatic carbocycles. The average Bonchev–Trinajstić information content (AvgIpc) is 2.61. The summed E-state index contributed by atoms with van der Waals surface area (Å²) in [5, 5.41) is 10.9. The maximum Gasteiger partial charge on any atom is 0.240 e. The highest BCUT2D eigenvalue weighted by atomic mass is 32.2. The minimum atomic E-state index is -3.76. The highest BCUT2D eigenvalue weighted by molar-refractivity contribution is 7.89. The Bertz CT molecular complexity index is 836. The van der Waals surface area contributed by atoms with E-state index in [1.807, 2.05) is 6.07 Å². The molecular formula is C17H19NO5S. The molecule has 1 aliphatic rings. The number of hydrogen-bond acceptors (Lipinski definition) is 5. The number of sulfonamides is 1. The van der Waals surface area contributed by atoms with E-state index >= 15 is 0 Å². The van der Waals surface area contributed by atoms with Gasteiger partial charge >= 0.3 is 0 Å². The summed E-state index contributed by atoms with van der Waals surface area (Å²) < 4.78 is 38.0. The minimum absolute atomic E-state index is 0.0887. The molecule has 0 amide bonds. The van der Waals surface area contributed by atoms with Crippen LogP contribution in [-0.2, 0) is 15.6 Å². The third-order valence-corrected chi connectivity index (χ3v) is 5.47. The molecule has 1 aliphatic heterocycles. The molecular weight excluding hydrogens is 330 g/mol. The second kappa shape index (κ2) is 6.43. The summed E-state index contributed by atoms with van der Waals surface area (Å²) in [5.41, 5.74) is -0.717. The van der Waals surface area contributed by atoms with Crippen LogP contribution in [0.15, 0.2) is 53.4 Å². The summed E-state index contributed by atoms with van der Waals surface area (Å²) in [6.45, 7) is 0.196. The predicted molar refractivity (Wildman–Crippen MR) is 88.6 cm³/mol. The molecule has 0 saturated carbocycles. The van der Waals surface area contributed by atoms with Gasteiger partial charge < -0.3 is 14.6 Å². The standard InChI is InChI=1S/C17H19NO5S/c1-22-13-5-4-6-14(11-13)24(20,21)18-12-17(19)9-10-23-16-8-3-2-7-15(16)17/h2-8,11,18-19H,9-10,12H2,1H3. The number of benzene rings is 2. The van der Waals surface area contributed by atoms with E-state index in [1.54, 1.807) is 30.3 Å². The van der Waals surface area contributed by atoms with E-state index in [4.69, 9.17) is 9.47 Å². The molecule has 1 unspecified atom stereocenters. The lowest BCUT2D eigenvalue weighted by molar-refractivity contribution is 0.00219. The van der Waals surface area contributed by atoms with E-state index in [-0.39, 0.29) is 11.4 Å². The van der Waals surface area contributed by atoms with E-state index in [0.29, 0.717) is 30.1 Å². The Balaban J connectivity index is 1.82.